The Morgan fingerprint density at radius 3 is 2.84 bits per heavy atom. The fourth-order valence-electron chi connectivity index (χ4n) is 1.87. The summed E-state index contributed by atoms with van der Waals surface area (Å²) in [7, 11) is 0. The predicted molar refractivity (Wildman–Crippen MR) is 98.2 cm³/mol. The summed E-state index contributed by atoms with van der Waals surface area (Å²) >= 11 is 8.77. The Morgan fingerprint density at radius 2 is 2.12 bits per heavy atom. The maximum atomic E-state index is 12.2. The number of hydrogen-bond donors (Lipinski definition) is 1. The molecule has 0 aliphatic carbocycles. The van der Waals surface area contributed by atoms with Gasteiger partial charge >= 0.3 is 5.97 Å². The van der Waals surface area contributed by atoms with Crippen LogP contribution in [-0.2, 0) is 9.53 Å². The van der Waals surface area contributed by atoms with Gasteiger partial charge in [0.1, 0.15) is 5.01 Å². The number of aromatic nitrogens is 2. The van der Waals surface area contributed by atoms with Crippen LogP contribution < -0.4 is 5.32 Å². The first kappa shape index (κ1) is 17.5. The number of carbonyl (C=O) groups is 2. The van der Waals surface area contributed by atoms with Crippen LogP contribution in [-0.4, -0.2) is 27.9 Å². The van der Waals surface area contributed by atoms with Gasteiger partial charge in [-0.15, -0.1) is 22.7 Å². The van der Waals surface area contributed by atoms with Crippen molar-refractivity contribution in [1.82, 2.24) is 9.97 Å². The molecule has 0 saturated heterocycles. The van der Waals surface area contributed by atoms with E-state index < -0.39 is 18.0 Å². The van der Waals surface area contributed by atoms with Crippen LogP contribution in [0.15, 0.2) is 41.2 Å². The number of carbonyl (C=O) groups excluding carboxylic acids is 2. The molecule has 0 fully saturated rings. The van der Waals surface area contributed by atoms with Crippen molar-refractivity contribution in [3.05, 3.63) is 52.1 Å². The molecule has 9 heteroatoms. The molecule has 1 amide bonds. The molecule has 0 radical (unpaired) electrons. The van der Waals surface area contributed by atoms with Gasteiger partial charge in [-0.25, -0.2) is 14.8 Å². The van der Waals surface area contributed by atoms with Crippen LogP contribution in [0.3, 0.4) is 0 Å². The molecule has 3 rings (SSSR count). The summed E-state index contributed by atoms with van der Waals surface area (Å²) in [5.41, 5.74) is 0.526. The van der Waals surface area contributed by atoms with Gasteiger partial charge in [-0.1, -0.05) is 17.7 Å². The van der Waals surface area contributed by atoms with E-state index in [1.165, 1.54) is 35.8 Å². The molecule has 3 heterocycles. The lowest BCUT2D eigenvalue weighted by Crippen LogP contribution is -2.30. The lowest BCUT2D eigenvalue weighted by atomic mass is 10.3. The van der Waals surface area contributed by atoms with Gasteiger partial charge in [0.05, 0.1) is 10.6 Å². The minimum atomic E-state index is -1.00. The van der Waals surface area contributed by atoms with Gasteiger partial charge in [-0.3, -0.25) is 4.79 Å². The molecule has 6 nitrogen and oxygen atoms in total. The topological polar surface area (TPSA) is 81.2 Å². The molecule has 0 aromatic carbocycles. The smallest absolute Gasteiger partial charge is 0.358 e. The molecule has 3 aromatic heterocycles. The Hall–Kier alpha value is -2.29. The zero-order valence-corrected chi connectivity index (χ0v) is 15.3. The highest BCUT2D eigenvalue weighted by atomic mass is 35.5. The first-order valence-electron chi connectivity index (χ1n) is 7.16. The molecule has 3 aromatic rings. The standard InChI is InChI=1S/C16H12ClN3O3S2/c1-9(14(21)19-10-4-2-6-18-13(10)17)23-16(22)11-8-25-15(20-11)12-5-3-7-24-12/h2-9H,1H3,(H,19,21)/t9-/m1/s1. The van der Waals surface area contributed by atoms with Crippen LogP contribution >= 0.6 is 34.3 Å². The summed E-state index contributed by atoms with van der Waals surface area (Å²) < 4.78 is 5.17. The number of thiazole rings is 1. The highest BCUT2D eigenvalue weighted by Gasteiger charge is 2.22. The summed E-state index contributed by atoms with van der Waals surface area (Å²) in [4.78, 5) is 33.4. The number of hydrogen-bond acceptors (Lipinski definition) is 7. The molecule has 0 saturated carbocycles. The normalized spacial score (nSPS) is 11.8. The Labute approximate surface area is 156 Å². The number of esters is 1. The van der Waals surface area contributed by atoms with Gasteiger partial charge in [0.2, 0.25) is 0 Å². The maximum absolute atomic E-state index is 12.2. The summed E-state index contributed by atoms with van der Waals surface area (Å²) in [6.45, 7) is 1.48. The number of nitrogens with zero attached hydrogens (tertiary/aromatic N) is 2. The van der Waals surface area contributed by atoms with Crippen molar-refractivity contribution >= 4 is 51.8 Å². The minimum absolute atomic E-state index is 0.162. The molecule has 0 aliphatic heterocycles. The number of ether oxygens (including phenoxy) is 1. The quantitative estimate of drug-likeness (QED) is 0.521. The van der Waals surface area contributed by atoms with Crippen molar-refractivity contribution in [2.24, 2.45) is 0 Å². The number of thiophene rings is 1. The zero-order valence-electron chi connectivity index (χ0n) is 12.9. The van der Waals surface area contributed by atoms with E-state index in [1.54, 1.807) is 17.5 Å². The van der Waals surface area contributed by atoms with Gasteiger partial charge in [0, 0.05) is 11.6 Å². The van der Waals surface area contributed by atoms with E-state index in [0.29, 0.717) is 5.69 Å². The molecule has 1 N–H and O–H groups in total. The van der Waals surface area contributed by atoms with Crippen LogP contribution in [0, 0.1) is 0 Å². The van der Waals surface area contributed by atoms with Gasteiger partial charge in [-0.05, 0) is 30.5 Å². The van der Waals surface area contributed by atoms with E-state index in [1.807, 2.05) is 17.5 Å². The molecule has 0 aliphatic rings. The van der Waals surface area contributed by atoms with E-state index >= 15 is 0 Å². The van der Waals surface area contributed by atoms with Gasteiger partial charge in [-0.2, -0.15) is 0 Å². The van der Waals surface area contributed by atoms with Crippen molar-refractivity contribution in [2.75, 3.05) is 5.32 Å². The second kappa shape index (κ2) is 7.73. The fraction of sp³-hybridized carbons (Fsp3) is 0.125. The van der Waals surface area contributed by atoms with Crippen molar-refractivity contribution in [2.45, 2.75) is 13.0 Å². The van der Waals surface area contributed by atoms with Crippen LogP contribution in [0.25, 0.3) is 9.88 Å². The lowest BCUT2D eigenvalue weighted by molar-refractivity contribution is -0.123. The van der Waals surface area contributed by atoms with E-state index in [0.717, 1.165) is 9.88 Å². The first-order chi connectivity index (χ1) is 12.0. The average molecular weight is 394 g/mol. The Morgan fingerprint density at radius 1 is 1.28 bits per heavy atom. The predicted octanol–water partition coefficient (Wildman–Crippen LogP) is 4.10. The van der Waals surface area contributed by atoms with Crippen molar-refractivity contribution < 1.29 is 14.3 Å². The third-order valence-electron chi connectivity index (χ3n) is 3.12. The molecule has 0 bridgehead atoms. The van der Waals surface area contributed by atoms with Crippen LogP contribution in [0.2, 0.25) is 5.15 Å². The van der Waals surface area contributed by atoms with Gasteiger partial charge in [0.15, 0.2) is 17.0 Å². The third-order valence-corrected chi connectivity index (χ3v) is 5.30. The number of nitrogens with one attached hydrogen (secondary N) is 1. The summed E-state index contributed by atoms with van der Waals surface area (Å²) in [5.74, 6) is -1.16. The van der Waals surface area contributed by atoms with Crippen LogP contribution in [0.4, 0.5) is 5.69 Å². The number of rotatable bonds is 5. The molecule has 1 atom stereocenters. The Kier molecular flexibility index (Phi) is 5.42. The SMILES string of the molecule is C[C@@H](OC(=O)c1csc(-c2cccs2)n1)C(=O)Nc1cccnc1Cl. The van der Waals surface area contributed by atoms with E-state index in [4.69, 9.17) is 16.3 Å². The molecular formula is C16H12ClN3O3S2. The number of halogens is 1. The molecule has 25 heavy (non-hydrogen) atoms. The van der Waals surface area contributed by atoms with Crippen LogP contribution in [0.5, 0.6) is 0 Å². The van der Waals surface area contributed by atoms with Gasteiger partial charge in [0.25, 0.3) is 5.91 Å². The lowest BCUT2D eigenvalue weighted by Gasteiger charge is -2.13. The van der Waals surface area contributed by atoms with Gasteiger partial charge < -0.3 is 10.1 Å². The van der Waals surface area contributed by atoms with Crippen molar-refractivity contribution in [3.63, 3.8) is 0 Å². The van der Waals surface area contributed by atoms with E-state index in [2.05, 4.69) is 15.3 Å². The average Bonchev–Trinajstić information content (AvgIpc) is 3.28. The summed E-state index contributed by atoms with van der Waals surface area (Å²) in [6, 6.07) is 7.08. The minimum Gasteiger partial charge on any atom is -0.448 e. The summed E-state index contributed by atoms with van der Waals surface area (Å²) in [6.07, 6.45) is 0.505. The fourth-order valence-corrected chi connectivity index (χ4v) is 3.64. The molecule has 128 valence electrons. The van der Waals surface area contributed by atoms with E-state index in [-0.39, 0.29) is 10.8 Å². The maximum Gasteiger partial charge on any atom is 0.358 e. The Bertz CT molecular complexity index is 896. The van der Waals surface area contributed by atoms with E-state index in [9.17, 15) is 9.59 Å². The highest BCUT2D eigenvalue weighted by molar-refractivity contribution is 7.20. The first-order valence-corrected chi connectivity index (χ1v) is 9.30. The molecule has 0 unspecified atom stereocenters. The molecular weight excluding hydrogens is 382 g/mol. The highest BCUT2D eigenvalue weighted by Crippen LogP contribution is 2.28. The van der Waals surface area contributed by atoms with Crippen LogP contribution in [0.1, 0.15) is 17.4 Å². The number of pyridine rings is 1. The van der Waals surface area contributed by atoms with Crippen molar-refractivity contribution in [3.8, 4) is 9.88 Å². The largest absolute Gasteiger partial charge is 0.448 e. The van der Waals surface area contributed by atoms with Crippen molar-refractivity contribution in [1.29, 1.82) is 0 Å². The summed E-state index contributed by atoms with van der Waals surface area (Å²) in [5, 5.41) is 7.01. The third kappa shape index (κ3) is 4.22. The molecule has 0 spiro atoms. The number of amides is 1. The number of anilines is 1. The zero-order chi connectivity index (χ0) is 17.8. The monoisotopic (exact) mass is 393 g/mol. The second-order valence-electron chi connectivity index (χ2n) is 4.89. The second-order valence-corrected chi connectivity index (χ2v) is 7.06. The Balaban J connectivity index is 1.62.